The Morgan fingerprint density at radius 3 is 1.62 bits per heavy atom. The van der Waals surface area contributed by atoms with Crippen molar-refractivity contribution in [3.63, 3.8) is 0 Å². The molecule has 1 nitrogen and oxygen atoms in total. The molecule has 21 heavy (non-hydrogen) atoms. The lowest BCUT2D eigenvalue weighted by atomic mass is 10.0. The summed E-state index contributed by atoms with van der Waals surface area (Å²) in [6.07, 6.45) is 17.7. The van der Waals surface area contributed by atoms with Crippen LogP contribution in [0, 0.1) is 6.54 Å². The molecule has 1 radical (unpaired) electrons. The number of unbranched alkanes of at least 4 members (excludes halogenated alkanes) is 11. The zero-order chi connectivity index (χ0) is 15.0. The predicted octanol–water partition coefficient (Wildman–Crippen LogP) is 6.03. The van der Waals surface area contributed by atoms with E-state index in [9.17, 15) is 0 Å². The molecule has 0 amide bonds. The Balaban J connectivity index is 1.75. The second-order valence-corrected chi connectivity index (χ2v) is 6.15. The number of rotatable bonds is 14. The fraction of sp³-hybridized carbons (Fsp3) is 0.650. The summed E-state index contributed by atoms with van der Waals surface area (Å²) in [6, 6.07) is 10.9. The van der Waals surface area contributed by atoms with Crippen molar-refractivity contribution in [2.75, 3.05) is 0 Å². The van der Waals surface area contributed by atoms with Crippen LogP contribution in [-0.2, 0) is 6.42 Å². The van der Waals surface area contributed by atoms with E-state index in [4.69, 9.17) is 5.73 Å². The van der Waals surface area contributed by atoms with Crippen LogP contribution in [0.25, 0.3) is 0 Å². The summed E-state index contributed by atoms with van der Waals surface area (Å²) in [7, 11) is 0. The molecule has 0 saturated heterocycles. The van der Waals surface area contributed by atoms with Crippen LogP contribution in [0.4, 0.5) is 0 Å². The van der Waals surface area contributed by atoms with Gasteiger partial charge < -0.3 is 5.73 Å². The highest BCUT2D eigenvalue weighted by Gasteiger charge is 1.95. The highest BCUT2D eigenvalue weighted by Crippen LogP contribution is 2.13. The lowest BCUT2D eigenvalue weighted by Crippen LogP contribution is -1.89. The number of hydrogen-bond acceptors (Lipinski definition) is 1. The standard InChI is InChI=1S/C20H34N/c21-19-15-10-8-6-4-2-1-3-5-7-9-12-16-20-17-13-11-14-18-20/h11,13-14,17-19H,1-10,12,15-16,21H2. The number of benzene rings is 1. The summed E-state index contributed by atoms with van der Waals surface area (Å²) in [6.45, 7) is 1.79. The highest BCUT2D eigenvalue weighted by molar-refractivity contribution is 5.14. The van der Waals surface area contributed by atoms with Gasteiger partial charge in [0.15, 0.2) is 0 Å². The van der Waals surface area contributed by atoms with Gasteiger partial charge in [-0.15, -0.1) is 0 Å². The molecule has 2 N–H and O–H groups in total. The maximum atomic E-state index is 5.37. The van der Waals surface area contributed by atoms with E-state index < -0.39 is 0 Å². The molecule has 0 heterocycles. The van der Waals surface area contributed by atoms with E-state index >= 15 is 0 Å². The van der Waals surface area contributed by atoms with Crippen LogP contribution < -0.4 is 5.73 Å². The largest absolute Gasteiger partial charge is 0.326 e. The van der Waals surface area contributed by atoms with Gasteiger partial charge in [0.1, 0.15) is 0 Å². The normalized spacial score (nSPS) is 10.9. The molecule has 1 aromatic rings. The maximum Gasteiger partial charge on any atom is 0.0192 e. The van der Waals surface area contributed by atoms with Crippen molar-refractivity contribution >= 4 is 0 Å². The topological polar surface area (TPSA) is 26.0 Å². The summed E-state index contributed by atoms with van der Waals surface area (Å²) in [5.41, 5.74) is 6.86. The first-order valence-corrected chi connectivity index (χ1v) is 9.01. The maximum absolute atomic E-state index is 5.37. The Bertz CT molecular complexity index is 307. The summed E-state index contributed by atoms with van der Waals surface area (Å²) in [5.74, 6) is 0. The van der Waals surface area contributed by atoms with E-state index in [1.165, 1.54) is 82.6 Å². The smallest absolute Gasteiger partial charge is 0.0192 e. The summed E-state index contributed by atoms with van der Waals surface area (Å²) in [4.78, 5) is 0. The first-order valence-electron chi connectivity index (χ1n) is 9.01. The van der Waals surface area contributed by atoms with Gasteiger partial charge in [-0.2, -0.15) is 0 Å². The average Bonchev–Trinajstić information content (AvgIpc) is 2.53. The first kappa shape index (κ1) is 18.2. The van der Waals surface area contributed by atoms with Crippen LogP contribution in [0.3, 0.4) is 0 Å². The van der Waals surface area contributed by atoms with Crippen LogP contribution in [-0.4, -0.2) is 0 Å². The molecule has 1 rings (SSSR count). The molecule has 0 unspecified atom stereocenters. The lowest BCUT2D eigenvalue weighted by molar-refractivity contribution is 0.544. The quantitative estimate of drug-likeness (QED) is 0.415. The molecule has 0 spiro atoms. The van der Waals surface area contributed by atoms with Crippen molar-refractivity contribution in [1.82, 2.24) is 0 Å². The monoisotopic (exact) mass is 288 g/mol. The molecule has 0 saturated carbocycles. The minimum absolute atomic E-state index is 1.09. The van der Waals surface area contributed by atoms with Crippen LogP contribution in [0.2, 0.25) is 0 Å². The van der Waals surface area contributed by atoms with Gasteiger partial charge >= 0.3 is 0 Å². The Labute approximate surface area is 132 Å². The molecule has 1 aromatic carbocycles. The SMILES string of the molecule is N[CH]CCCCCCCCCCCCCc1ccccc1. The van der Waals surface area contributed by atoms with Gasteiger partial charge in [-0.1, -0.05) is 94.5 Å². The van der Waals surface area contributed by atoms with Gasteiger partial charge in [0.05, 0.1) is 0 Å². The van der Waals surface area contributed by atoms with E-state index in [0.717, 1.165) is 6.42 Å². The van der Waals surface area contributed by atoms with E-state index in [1.807, 2.05) is 0 Å². The Morgan fingerprint density at radius 2 is 1.10 bits per heavy atom. The first-order chi connectivity index (χ1) is 10.4. The van der Waals surface area contributed by atoms with Crippen LogP contribution in [0.15, 0.2) is 30.3 Å². The van der Waals surface area contributed by atoms with Gasteiger partial charge in [0, 0.05) is 6.54 Å². The second-order valence-electron chi connectivity index (χ2n) is 6.15. The fourth-order valence-corrected chi connectivity index (χ4v) is 2.83. The molecule has 0 aromatic heterocycles. The molecule has 0 aliphatic heterocycles. The van der Waals surface area contributed by atoms with Crippen LogP contribution in [0.5, 0.6) is 0 Å². The summed E-state index contributed by atoms with van der Waals surface area (Å²) in [5, 5.41) is 0. The lowest BCUT2D eigenvalue weighted by Gasteiger charge is -2.03. The van der Waals surface area contributed by atoms with Crippen molar-refractivity contribution in [2.45, 2.75) is 83.5 Å². The minimum Gasteiger partial charge on any atom is -0.326 e. The minimum atomic E-state index is 1.09. The van der Waals surface area contributed by atoms with Crippen molar-refractivity contribution in [3.05, 3.63) is 42.4 Å². The predicted molar refractivity (Wildman–Crippen MR) is 94.0 cm³/mol. The van der Waals surface area contributed by atoms with Crippen molar-refractivity contribution in [1.29, 1.82) is 0 Å². The molecule has 0 bridgehead atoms. The van der Waals surface area contributed by atoms with Gasteiger partial charge in [-0.3, -0.25) is 0 Å². The molecule has 119 valence electrons. The molecule has 0 fully saturated rings. The van der Waals surface area contributed by atoms with E-state index in [1.54, 1.807) is 6.54 Å². The third kappa shape index (κ3) is 11.5. The zero-order valence-corrected chi connectivity index (χ0v) is 13.7. The summed E-state index contributed by atoms with van der Waals surface area (Å²) >= 11 is 0. The van der Waals surface area contributed by atoms with E-state index in [0.29, 0.717) is 0 Å². The molecule has 0 aliphatic carbocycles. The van der Waals surface area contributed by atoms with Crippen LogP contribution >= 0.6 is 0 Å². The highest BCUT2D eigenvalue weighted by atomic mass is 14.5. The second kappa shape index (κ2) is 14.1. The molecule has 0 aliphatic rings. The van der Waals surface area contributed by atoms with Gasteiger partial charge in [0.2, 0.25) is 0 Å². The number of hydrogen-bond donors (Lipinski definition) is 1. The zero-order valence-electron chi connectivity index (χ0n) is 13.7. The van der Waals surface area contributed by atoms with E-state index in [2.05, 4.69) is 30.3 Å². The molecule has 0 atom stereocenters. The Hall–Kier alpha value is -0.820. The van der Waals surface area contributed by atoms with Gasteiger partial charge in [-0.05, 0) is 24.8 Å². The number of aryl methyl sites for hydroxylation is 1. The van der Waals surface area contributed by atoms with Crippen LogP contribution in [0.1, 0.15) is 82.6 Å². The van der Waals surface area contributed by atoms with Gasteiger partial charge in [-0.25, -0.2) is 0 Å². The molecule has 1 heteroatoms. The fourth-order valence-electron chi connectivity index (χ4n) is 2.83. The van der Waals surface area contributed by atoms with Gasteiger partial charge in [0.25, 0.3) is 0 Å². The third-order valence-electron chi connectivity index (χ3n) is 4.18. The Kier molecular flexibility index (Phi) is 12.3. The van der Waals surface area contributed by atoms with Crippen molar-refractivity contribution in [2.24, 2.45) is 5.73 Å². The van der Waals surface area contributed by atoms with Crippen molar-refractivity contribution in [3.8, 4) is 0 Å². The summed E-state index contributed by atoms with van der Waals surface area (Å²) < 4.78 is 0. The van der Waals surface area contributed by atoms with Crippen molar-refractivity contribution < 1.29 is 0 Å². The third-order valence-corrected chi connectivity index (χ3v) is 4.18. The Morgan fingerprint density at radius 1 is 0.619 bits per heavy atom. The molecular formula is C20H34N. The van der Waals surface area contributed by atoms with E-state index in [-0.39, 0.29) is 0 Å². The molecular weight excluding hydrogens is 254 g/mol. The number of nitrogens with two attached hydrogens (primary N) is 1. The average molecular weight is 288 g/mol.